The van der Waals surface area contributed by atoms with Crippen LogP contribution in [0.15, 0.2) is 42.6 Å². The summed E-state index contributed by atoms with van der Waals surface area (Å²) in [5, 5.41) is 0. The van der Waals surface area contributed by atoms with Crippen molar-refractivity contribution < 1.29 is 8.42 Å². The molecule has 0 atom stereocenters. The Balaban J connectivity index is 1.62. The molecule has 1 aliphatic rings. The second-order valence-corrected chi connectivity index (χ2v) is 7.80. The number of nitrogens with zero attached hydrogens (tertiary/aromatic N) is 3. The van der Waals surface area contributed by atoms with Crippen LogP contribution in [-0.4, -0.2) is 45.8 Å². The third-order valence-corrected chi connectivity index (χ3v) is 4.67. The van der Waals surface area contributed by atoms with Crippen LogP contribution >= 0.6 is 0 Å². The maximum atomic E-state index is 11.3. The van der Waals surface area contributed by atoms with Gasteiger partial charge >= 0.3 is 0 Å². The third-order valence-electron chi connectivity index (χ3n) is 4.06. The number of anilines is 3. The van der Waals surface area contributed by atoms with Crippen molar-refractivity contribution in [3.8, 4) is 0 Å². The lowest BCUT2D eigenvalue weighted by atomic mass is 10.2. The van der Waals surface area contributed by atoms with Crippen molar-refractivity contribution in [2.45, 2.75) is 6.92 Å². The number of sulfonamides is 1. The van der Waals surface area contributed by atoms with E-state index in [1.165, 1.54) is 5.69 Å². The van der Waals surface area contributed by atoms with Crippen LogP contribution in [0.2, 0.25) is 0 Å². The zero-order chi connectivity index (χ0) is 17.2. The Labute approximate surface area is 143 Å². The second-order valence-electron chi connectivity index (χ2n) is 6.05. The molecule has 0 aliphatic carbocycles. The standard InChI is InChI=1S/C17H22N4O2S/c1-14-13-17(7-8-18-14)21-11-9-20(10-12-21)16-5-3-15(4-6-16)19-24(2,22)23/h3-8,13,19H,9-12H2,1-2H3. The quantitative estimate of drug-likeness (QED) is 0.918. The number of aryl methyl sites for hydroxylation is 1. The van der Waals surface area contributed by atoms with Gasteiger partial charge in [-0.25, -0.2) is 8.42 Å². The van der Waals surface area contributed by atoms with Crippen LogP contribution in [-0.2, 0) is 10.0 Å². The molecule has 0 saturated carbocycles. The highest BCUT2D eigenvalue weighted by Crippen LogP contribution is 2.22. The number of rotatable bonds is 4. The van der Waals surface area contributed by atoms with Gasteiger partial charge in [0.2, 0.25) is 10.0 Å². The smallest absolute Gasteiger partial charge is 0.229 e. The van der Waals surface area contributed by atoms with Crippen molar-refractivity contribution in [2.75, 3.05) is 47.0 Å². The number of piperazine rings is 1. The van der Waals surface area contributed by atoms with E-state index >= 15 is 0 Å². The summed E-state index contributed by atoms with van der Waals surface area (Å²) in [6.45, 7) is 5.77. The Hall–Kier alpha value is -2.28. The largest absolute Gasteiger partial charge is 0.368 e. The Morgan fingerprint density at radius 2 is 1.54 bits per heavy atom. The summed E-state index contributed by atoms with van der Waals surface area (Å²) < 4.78 is 25.0. The van der Waals surface area contributed by atoms with Gasteiger partial charge in [0.1, 0.15) is 0 Å². The Kier molecular flexibility index (Phi) is 4.62. The summed E-state index contributed by atoms with van der Waals surface area (Å²) >= 11 is 0. The second kappa shape index (κ2) is 6.68. The number of nitrogens with one attached hydrogen (secondary N) is 1. The van der Waals surface area contributed by atoms with E-state index in [0.29, 0.717) is 5.69 Å². The van der Waals surface area contributed by atoms with Gasteiger partial charge in [0.25, 0.3) is 0 Å². The minimum Gasteiger partial charge on any atom is -0.368 e. The fourth-order valence-electron chi connectivity index (χ4n) is 2.90. The SMILES string of the molecule is Cc1cc(N2CCN(c3ccc(NS(C)(=O)=O)cc3)CC2)ccn1. The molecule has 0 radical (unpaired) electrons. The van der Waals surface area contributed by atoms with Crippen LogP contribution in [0.3, 0.4) is 0 Å². The van der Waals surface area contributed by atoms with Crippen LogP contribution in [0.25, 0.3) is 0 Å². The van der Waals surface area contributed by atoms with Crippen molar-refractivity contribution in [2.24, 2.45) is 0 Å². The van der Waals surface area contributed by atoms with E-state index in [1.807, 2.05) is 31.3 Å². The predicted octanol–water partition coefficient (Wildman–Crippen LogP) is 2.09. The maximum Gasteiger partial charge on any atom is 0.229 e. The van der Waals surface area contributed by atoms with Gasteiger partial charge in [0.05, 0.1) is 6.26 Å². The van der Waals surface area contributed by atoms with Gasteiger partial charge in [-0.1, -0.05) is 0 Å². The van der Waals surface area contributed by atoms with Gasteiger partial charge in [-0.3, -0.25) is 9.71 Å². The number of hydrogen-bond donors (Lipinski definition) is 1. The zero-order valence-corrected chi connectivity index (χ0v) is 14.8. The molecule has 0 spiro atoms. The molecule has 1 N–H and O–H groups in total. The van der Waals surface area contributed by atoms with E-state index < -0.39 is 10.0 Å². The molecule has 24 heavy (non-hydrogen) atoms. The van der Waals surface area contributed by atoms with E-state index in [1.54, 1.807) is 12.1 Å². The third kappa shape index (κ3) is 4.17. The number of hydrogen-bond acceptors (Lipinski definition) is 5. The highest BCUT2D eigenvalue weighted by atomic mass is 32.2. The molecule has 2 aromatic rings. The predicted molar refractivity (Wildman–Crippen MR) is 98.3 cm³/mol. The van der Waals surface area contributed by atoms with Gasteiger partial charge < -0.3 is 9.80 Å². The minimum atomic E-state index is -3.23. The average molecular weight is 346 g/mol. The van der Waals surface area contributed by atoms with E-state index in [9.17, 15) is 8.42 Å². The molecule has 7 heteroatoms. The van der Waals surface area contributed by atoms with Gasteiger partial charge in [-0.05, 0) is 43.3 Å². The molecule has 6 nitrogen and oxygen atoms in total. The molecule has 0 unspecified atom stereocenters. The van der Waals surface area contributed by atoms with Crippen LogP contribution in [0.5, 0.6) is 0 Å². The molecule has 0 amide bonds. The van der Waals surface area contributed by atoms with Gasteiger partial charge in [-0.15, -0.1) is 0 Å². The lowest BCUT2D eigenvalue weighted by Gasteiger charge is -2.37. The van der Waals surface area contributed by atoms with Crippen molar-refractivity contribution in [1.82, 2.24) is 4.98 Å². The normalized spacial score (nSPS) is 15.4. The summed E-state index contributed by atoms with van der Waals surface area (Å²) in [5.74, 6) is 0. The fraction of sp³-hybridized carbons (Fsp3) is 0.353. The van der Waals surface area contributed by atoms with Crippen LogP contribution < -0.4 is 14.5 Å². The summed E-state index contributed by atoms with van der Waals surface area (Å²) in [6, 6.07) is 11.7. The first-order chi connectivity index (χ1) is 11.4. The van der Waals surface area contributed by atoms with Crippen molar-refractivity contribution in [3.05, 3.63) is 48.3 Å². The molecule has 1 aromatic heterocycles. The van der Waals surface area contributed by atoms with E-state index in [0.717, 1.165) is 43.8 Å². The first-order valence-corrected chi connectivity index (χ1v) is 9.80. The fourth-order valence-corrected chi connectivity index (χ4v) is 3.47. The molecule has 1 fully saturated rings. The highest BCUT2D eigenvalue weighted by molar-refractivity contribution is 7.92. The number of aromatic nitrogens is 1. The Morgan fingerprint density at radius 3 is 2.08 bits per heavy atom. The molecule has 0 bridgehead atoms. The summed E-state index contributed by atoms with van der Waals surface area (Å²) in [4.78, 5) is 8.93. The summed E-state index contributed by atoms with van der Waals surface area (Å²) in [7, 11) is -3.23. The number of pyridine rings is 1. The molecular weight excluding hydrogens is 324 g/mol. The molecule has 1 aromatic carbocycles. The molecule has 1 aliphatic heterocycles. The first-order valence-electron chi connectivity index (χ1n) is 7.91. The molecular formula is C17H22N4O2S. The van der Waals surface area contributed by atoms with E-state index in [2.05, 4.69) is 25.6 Å². The Bertz CT molecular complexity index is 798. The topological polar surface area (TPSA) is 65.5 Å². The van der Waals surface area contributed by atoms with Gasteiger partial charge in [0.15, 0.2) is 0 Å². The van der Waals surface area contributed by atoms with Crippen molar-refractivity contribution in [3.63, 3.8) is 0 Å². The molecule has 128 valence electrons. The van der Waals surface area contributed by atoms with Crippen molar-refractivity contribution >= 4 is 27.1 Å². The minimum absolute atomic E-state index is 0.590. The summed E-state index contributed by atoms with van der Waals surface area (Å²) in [5.41, 5.74) is 3.95. The zero-order valence-electron chi connectivity index (χ0n) is 13.9. The van der Waals surface area contributed by atoms with Crippen LogP contribution in [0.4, 0.5) is 17.1 Å². The highest BCUT2D eigenvalue weighted by Gasteiger charge is 2.17. The monoisotopic (exact) mass is 346 g/mol. The van der Waals surface area contributed by atoms with Crippen LogP contribution in [0.1, 0.15) is 5.69 Å². The lowest BCUT2D eigenvalue weighted by Crippen LogP contribution is -2.46. The first kappa shape index (κ1) is 16.6. The van der Waals surface area contributed by atoms with Crippen LogP contribution in [0, 0.1) is 6.92 Å². The molecule has 3 rings (SSSR count). The van der Waals surface area contributed by atoms with Gasteiger partial charge in [0, 0.05) is 55.1 Å². The van der Waals surface area contributed by atoms with Gasteiger partial charge in [-0.2, -0.15) is 0 Å². The van der Waals surface area contributed by atoms with Crippen molar-refractivity contribution in [1.29, 1.82) is 0 Å². The summed E-state index contributed by atoms with van der Waals surface area (Å²) in [6.07, 6.45) is 3.01. The number of benzene rings is 1. The maximum absolute atomic E-state index is 11.3. The Morgan fingerprint density at radius 1 is 0.958 bits per heavy atom. The lowest BCUT2D eigenvalue weighted by molar-refractivity contribution is 0.607. The molecule has 1 saturated heterocycles. The van der Waals surface area contributed by atoms with E-state index in [4.69, 9.17) is 0 Å². The molecule has 2 heterocycles. The van der Waals surface area contributed by atoms with E-state index in [-0.39, 0.29) is 0 Å². The average Bonchev–Trinajstić information content (AvgIpc) is 2.54.